The molecule has 1 aliphatic heterocycles. The lowest BCUT2D eigenvalue weighted by Gasteiger charge is -2.30. The van der Waals surface area contributed by atoms with Gasteiger partial charge in [0.15, 0.2) is 0 Å². The van der Waals surface area contributed by atoms with E-state index in [1.165, 1.54) is 0 Å². The van der Waals surface area contributed by atoms with E-state index in [4.69, 9.17) is 4.42 Å². The minimum Gasteiger partial charge on any atom is -0.465 e. The second-order valence-corrected chi connectivity index (χ2v) is 7.76. The summed E-state index contributed by atoms with van der Waals surface area (Å²) >= 11 is 0. The molecule has 8 heteroatoms. The fraction of sp³-hybridized carbons (Fsp3) is 0.286. The van der Waals surface area contributed by atoms with Crippen molar-refractivity contribution >= 4 is 30.8 Å². The van der Waals surface area contributed by atoms with Gasteiger partial charge in [0.2, 0.25) is 0 Å². The lowest BCUT2D eigenvalue weighted by atomic mass is 9.73. The van der Waals surface area contributed by atoms with Gasteiger partial charge in [-0.3, -0.25) is 14.4 Å². The van der Waals surface area contributed by atoms with E-state index in [2.05, 4.69) is 10.6 Å². The summed E-state index contributed by atoms with van der Waals surface area (Å²) < 4.78 is 5.76. The molecule has 2 heterocycles. The Balaban J connectivity index is 1.69. The first-order valence-corrected chi connectivity index (χ1v) is 9.58. The van der Waals surface area contributed by atoms with Gasteiger partial charge in [-0.15, -0.1) is 0 Å². The van der Waals surface area contributed by atoms with Crippen molar-refractivity contribution in [1.82, 2.24) is 4.90 Å². The van der Waals surface area contributed by atoms with E-state index in [0.717, 1.165) is 11.3 Å². The number of carbonyl (C=O) groups excluding carboxylic acids is 1. The molecule has 0 bridgehead atoms. The van der Waals surface area contributed by atoms with E-state index in [9.17, 15) is 14.4 Å². The molecule has 0 saturated heterocycles. The fourth-order valence-electron chi connectivity index (χ4n) is 3.70. The summed E-state index contributed by atoms with van der Waals surface area (Å²) in [5.41, 5.74) is 0.512. The molecule has 0 unspecified atom stereocenters. The fourth-order valence-corrected chi connectivity index (χ4v) is 3.70. The third-order valence-corrected chi connectivity index (χ3v) is 5.68. The molecule has 4 rings (SSSR count). The van der Waals surface area contributed by atoms with Crippen molar-refractivity contribution in [3.05, 3.63) is 73.4 Å². The molecule has 1 amide bonds. The summed E-state index contributed by atoms with van der Waals surface area (Å²) in [5.74, 6) is 1.35. The van der Waals surface area contributed by atoms with E-state index >= 15 is 0 Å². The second kappa shape index (κ2) is 6.65. The van der Waals surface area contributed by atoms with Crippen molar-refractivity contribution in [2.75, 3.05) is 17.7 Å². The Kier molecular flexibility index (Phi) is 4.37. The zero-order chi connectivity index (χ0) is 20.9. The summed E-state index contributed by atoms with van der Waals surface area (Å²) in [6, 6.07) is 9.18. The molecule has 2 N–H and O–H groups in total. The van der Waals surface area contributed by atoms with Crippen LogP contribution < -0.4 is 21.5 Å². The van der Waals surface area contributed by atoms with Crippen molar-refractivity contribution in [3.8, 4) is 0 Å². The maximum absolute atomic E-state index is 12.5. The largest absolute Gasteiger partial charge is 0.465 e. The third kappa shape index (κ3) is 2.95. The van der Waals surface area contributed by atoms with Crippen LogP contribution in [0.15, 0.2) is 44.3 Å². The molecular weight excluding hydrogens is 369 g/mol. The van der Waals surface area contributed by atoms with Gasteiger partial charge in [-0.1, -0.05) is 19.1 Å². The van der Waals surface area contributed by atoms with E-state index in [1.54, 1.807) is 18.0 Å². The Morgan fingerprint density at radius 1 is 1.14 bits per heavy atom. The van der Waals surface area contributed by atoms with Gasteiger partial charge >= 0.3 is 0 Å². The number of benzene rings is 1. The molecule has 29 heavy (non-hydrogen) atoms. The highest BCUT2D eigenvalue weighted by atomic mass is 16.3. The highest BCUT2D eigenvalue weighted by Crippen LogP contribution is 2.34. The van der Waals surface area contributed by atoms with Gasteiger partial charge in [-0.25, -0.2) is 0 Å². The zero-order valence-electron chi connectivity index (χ0n) is 16.9. The number of fused-ring (bicyclic) bond motifs is 1. The molecule has 3 aromatic rings. The Bertz CT molecular complexity index is 1190. The first-order valence-electron chi connectivity index (χ1n) is 9.58. The van der Waals surface area contributed by atoms with Crippen LogP contribution in [0, 0.1) is 6.92 Å². The smallest absolute Gasteiger partial charge is 0.256 e. The first-order chi connectivity index (χ1) is 13.7. The Morgan fingerprint density at radius 2 is 1.86 bits per heavy atom. The van der Waals surface area contributed by atoms with Crippen LogP contribution in [0.2, 0.25) is 0 Å². The Hall–Kier alpha value is -3.29. The van der Waals surface area contributed by atoms with Gasteiger partial charge in [0.1, 0.15) is 30.7 Å². The maximum atomic E-state index is 12.5. The topological polar surface area (TPSA) is 91.6 Å². The number of hydrogen-bond acceptors (Lipinski definition) is 6. The Morgan fingerprint density at radius 3 is 2.52 bits per heavy atom. The van der Waals surface area contributed by atoms with E-state index < -0.39 is 16.3 Å². The van der Waals surface area contributed by atoms with Gasteiger partial charge < -0.3 is 20.0 Å². The number of nitrogens with zero attached hydrogens (tertiary/aromatic N) is 1. The van der Waals surface area contributed by atoms with E-state index in [-0.39, 0.29) is 17.3 Å². The van der Waals surface area contributed by atoms with E-state index in [0.29, 0.717) is 30.0 Å². The molecule has 7 nitrogen and oxygen atoms in total. The number of hydrogen-bond donors (Lipinski definition) is 2. The van der Waals surface area contributed by atoms with Crippen LogP contribution in [0.4, 0.5) is 17.1 Å². The average molecular weight is 391 g/mol. The van der Waals surface area contributed by atoms with Crippen LogP contribution in [0.1, 0.15) is 40.8 Å². The van der Waals surface area contributed by atoms with Crippen molar-refractivity contribution in [1.29, 1.82) is 0 Å². The molecule has 0 fully saturated rings. The van der Waals surface area contributed by atoms with Crippen molar-refractivity contribution < 1.29 is 9.21 Å². The molecular formula is C21H22BN3O4. The van der Waals surface area contributed by atoms with Crippen molar-refractivity contribution in [3.63, 3.8) is 0 Å². The highest BCUT2D eigenvalue weighted by Gasteiger charge is 2.34. The number of rotatable bonds is 6. The lowest BCUT2D eigenvalue weighted by Crippen LogP contribution is -2.44. The van der Waals surface area contributed by atoms with E-state index in [1.807, 2.05) is 46.0 Å². The predicted molar refractivity (Wildman–Crippen MR) is 114 cm³/mol. The molecule has 1 atom stereocenters. The monoisotopic (exact) mass is 391 g/mol. The number of furan rings is 1. The molecule has 0 saturated carbocycles. The first kappa shape index (κ1) is 19.0. The van der Waals surface area contributed by atoms with Crippen molar-refractivity contribution in [2.45, 2.75) is 32.3 Å². The Labute approximate surface area is 168 Å². The molecule has 148 valence electrons. The number of carbonyl (C=O) groups is 1. The quantitative estimate of drug-likeness (QED) is 0.492. The van der Waals surface area contributed by atoms with Gasteiger partial charge in [-0.2, -0.15) is 0 Å². The molecule has 0 radical (unpaired) electrons. The summed E-state index contributed by atoms with van der Waals surface area (Å²) in [7, 11) is 3.65. The van der Waals surface area contributed by atoms with Crippen LogP contribution in [0.5, 0.6) is 0 Å². The molecule has 1 aromatic heterocycles. The number of amides is 1. The molecule has 0 spiro atoms. The predicted octanol–water partition coefficient (Wildman–Crippen LogP) is 1.82. The minimum absolute atomic E-state index is 0.110. The number of nitrogens with one attached hydrogen (secondary N) is 2. The molecule has 2 aromatic carbocycles. The summed E-state index contributed by atoms with van der Waals surface area (Å²) in [4.78, 5) is 38.7. The number of aryl methyl sites for hydroxylation is 1. The van der Waals surface area contributed by atoms with Gasteiger partial charge in [-0.05, 0) is 37.1 Å². The zero-order valence-corrected chi connectivity index (χ0v) is 16.9. The van der Waals surface area contributed by atoms with Crippen LogP contribution in [0.3, 0.4) is 0 Å². The average Bonchev–Trinajstić information content (AvgIpc) is 3.28. The van der Waals surface area contributed by atoms with Crippen LogP contribution in [-0.2, 0) is 12.0 Å². The van der Waals surface area contributed by atoms with Crippen LogP contribution in [0.25, 0.3) is 0 Å². The van der Waals surface area contributed by atoms with Gasteiger partial charge in [0.25, 0.3) is 16.8 Å². The van der Waals surface area contributed by atoms with Crippen LogP contribution >= 0.6 is 0 Å². The molecule has 1 aliphatic rings. The van der Waals surface area contributed by atoms with Gasteiger partial charge in [0.05, 0.1) is 16.7 Å². The third-order valence-electron chi connectivity index (χ3n) is 5.68. The molecule has 0 aliphatic carbocycles. The highest BCUT2D eigenvalue weighted by molar-refractivity contribution is 6.17. The van der Waals surface area contributed by atoms with Gasteiger partial charge in [0, 0.05) is 13.6 Å². The normalized spacial score (nSPS) is 15.4. The van der Waals surface area contributed by atoms with Crippen molar-refractivity contribution in [2.24, 2.45) is 0 Å². The second-order valence-electron chi connectivity index (χ2n) is 7.76. The lowest BCUT2D eigenvalue weighted by molar-refractivity contribution is 0.0817. The summed E-state index contributed by atoms with van der Waals surface area (Å²) in [5, 5.41) is 6.24. The standard InChI is InChI=1S/C21H22BN3O4/c1-4-21(22,14-9-8-11(2)29-14)24-17-16(18(26)19(17)27)23-13-7-5-6-12-10-25(3)20(28)15(12)13/h5-9,23-24H,4,10,22H2,1-3H3/t21-/m1/s1. The van der Waals surface area contributed by atoms with Crippen LogP contribution in [-0.4, -0.2) is 25.7 Å². The summed E-state index contributed by atoms with van der Waals surface area (Å²) in [6.07, 6.45) is 0.641. The summed E-state index contributed by atoms with van der Waals surface area (Å²) in [6.45, 7) is 4.35. The number of anilines is 3. The SMILES string of the molecule is B[C@](CC)(Nc1c(Nc2cccc3c2C(=O)N(C)C3)c(=O)c1=O)c1ccc(C)o1. The maximum Gasteiger partial charge on any atom is 0.256 e. The minimum atomic E-state index is -0.651.